The first-order valence-corrected chi connectivity index (χ1v) is 5.12. The monoisotopic (exact) mass is 226 g/mol. The zero-order chi connectivity index (χ0) is 10.9. The first kappa shape index (κ1) is 10.3. The van der Waals surface area contributed by atoms with Gasteiger partial charge in [-0.15, -0.1) is 0 Å². The van der Waals surface area contributed by atoms with Crippen molar-refractivity contribution >= 4 is 17.6 Å². The second kappa shape index (κ2) is 3.74. The average molecular weight is 227 g/mol. The van der Waals surface area contributed by atoms with Gasteiger partial charge in [-0.05, 0) is 31.0 Å². The third kappa shape index (κ3) is 2.23. The molecule has 0 bridgehead atoms. The zero-order valence-corrected chi connectivity index (χ0v) is 8.83. The summed E-state index contributed by atoms with van der Waals surface area (Å²) in [6.45, 7) is 0.225. The van der Waals surface area contributed by atoms with Crippen molar-refractivity contribution in [2.24, 2.45) is 5.41 Å². The van der Waals surface area contributed by atoms with E-state index in [1.165, 1.54) is 0 Å². The molecular weight excluding hydrogens is 216 g/mol. The lowest BCUT2D eigenvalue weighted by Gasteiger charge is -2.11. The average Bonchev–Trinajstić information content (AvgIpc) is 2.96. The number of ether oxygens (including phenoxy) is 1. The van der Waals surface area contributed by atoms with Crippen LogP contribution in [-0.2, 0) is 4.79 Å². The fourth-order valence-corrected chi connectivity index (χ4v) is 1.53. The van der Waals surface area contributed by atoms with Crippen LogP contribution in [0.1, 0.15) is 12.8 Å². The standard InChI is InChI=1S/C11H11ClO3/c12-8-2-1-3-9(6-8)15-7-11(4-5-11)10(13)14/h1-3,6H,4-5,7H2,(H,13,14). The summed E-state index contributed by atoms with van der Waals surface area (Å²) in [5.74, 6) is -0.153. The van der Waals surface area contributed by atoms with Crippen LogP contribution in [0, 0.1) is 5.41 Å². The molecule has 0 heterocycles. The molecule has 1 aliphatic carbocycles. The number of carbonyl (C=O) groups is 1. The SMILES string of the molecule is O=C(O)C1(COc2cccc(Cl)c2)CC1. The molecule has 0 aromatic heterocycles. The number of halogens is 1. The molecule has 1 aromatic rings. The Labute approximate surface area is 92.6 Å². The maximum absolute atomic E-state index is 10.9. The third-order valence-corrected chi connectivity index (χ3v) is 2.85. The van der Waals surface area contributed by atoms with Gasteiger partial charge in [0.1, 0.15) is 17.8 Å². The van der Waals surface area contributed by atoms with E-state index in [-0.39, 0.29) is 6.61 Å². The van der Waals surface area contributed by atoms with Gasteiger partial charge < -0.3 is 9.84 Å². The number of hydrogen-bond acceptors (Lipinski definition) is 2. The van der Waals surface area contributed by atoms with E-state index in [0.717, 1.165) is 0 Å². The van der Waals surface area contributed by atoms with Crippen molar-refractivity contribution in [2.75, 3.05) is 6.61 Å². The smallest absolute Gasteiger partial charge is 0.313 e. The molecule has 1 aromatic carbocycles. The van der Waals surface area contributed by atoms with Gasteiger partial charge >= 0.3 is 5.97 Å². The molecule has 0 unspecified atom stereocenters. The van der Waals surface area contributed by atoms with Gasteiger partial charge in [-0.2, -0.15) is 0 Å². The lowest BCUT2D eigenvalue weighted by atomic mass is 10.1. The van der Waals surface area contributed by atoms with Crippen LogP contribution in [0.15, 0.2) is 24.3 Å². The van der Waals surface area contributed by atoms with Crippen molar-refractivity contribution in [1.82, 2.24) is 0 Å². The maximum Gasteiger partial charge on any atom is 0.313 e. The highest BCUT2D eigenvalue weighted by Gasteiger charge is 2.51. The number of rotatable bonds is 4. The molecule has 4 heteroatoms. The summed E-state index contributed by atoms with van der Waals surface area (Å²) in [5.41, 5.74) is -0.650. The molecule has 2 rings (SSSR count). The van der Waals surface area contributed by atoms with Gasteiger partial charge in [0, 0.05) is 5.02 Å². The molecule has 0 amide bonds. The van der Waals surface area contributed by atoms with Crippen LogP contribution in [-0.4, -0.2) is 17.7 Å². The van der Waals surface area contributed by atoms with E-state index < -0.39 is 11.4 Å². The normalized spacial score (nSPS) is 17.1. The van der Waals surface area contributed by atoms with E-state index in [2.05, 4.69) is 0 Å². The molecule has 1 fully saturated rings. The third-order valence-electron chi connectivity index (χ3n) is 2.62. The van der Waals surface area contributed by atoms with Crippen LogP contribution in [0.5, 0.6) is 5.75 Å². The molecule has 1 aliphatic rings. The highest BCUT2D eigenvalue weighted by Crippen LogP contribution is 2.46. The molecule has 0 atom stereocenters. The van der Waals surface area contributed by atoms with Crippen LogP contribution in [0.4, 0.5) is 0 Å². The highest BCUT2D eigenvalue weighted by atomic mass is 35.5. The molecule has 1 N–H and O–H groups in total. The Bertz CT molecular complexity index is 385. The predicted molar refractivity (Wildman–Crippen MR) is 56.2 cm³/mol. The molecule has 3 nitrogen and oxygen atoms in total. The van der Waals surface area contributed by atoms with Gasteiger partial charge in [-0.3, -0.25) is 4.79 Å². The largest absolute Gasteiger partial charge is 0.492 e. The summed E-state index contributed by atoms with van der Waals surface area (Å²) >= 11 is 5.78. The Morgan fingerprint density at radius 1 is 1.53 bits per heavy atom. The fraction of sp³-hybridized carbons (Fsp3) is 0.364. The molecule has 1 saturated carbocycles. The Morgan fingerprint density at radius 3 is 2.80 bits per heavy atom. The van der Waals surface area contributed by atoms with Crippen molar-refractivity contribution in [2.45, 2.75) is 12.8 Å². The summed E-state index contributed by atoms with van der Waals surface area (Å²) < 4.78 is 5.41. The quantitative estimate of drug-likeness (QED) is 0.859. The van der Waals surface area contributed by atoms with E-state index in [4.69, 9.17) is 21.4 Å². The van der Waals surface area contributed by atoms with Crippen molar-refractivity contribution < 1.29 is 14.6 Å². The van der Waals surface area contributed by atoms with E-state index in [1.54, 1.807) is 24.3 Å². The minimum atomic E-state index is -0.774. The lowest BCUT2D eigenvalue weighted by Crippen LogP contribution is -2.22. The molecule has 0 radical (unpaired) electrons. The summed E-state index contributed by atoms with van der Waals surface area (Å²) in [6, 6.07) is 6.97. The highest BCUT2D eigenvalue weighted by molar-refractivity contribution is 6.30. The number of carboxylic acids is 1. The Morgan fingerprint density at radius 2 is 2.27 bits per heavy atom. The molecule has 80 valence electrons. The Balaban J connectivity index is 1.96. The van der Waals surface area contributed by atoms with E-state index in [1.807, 2.05) is 0 Å². The summed E-state index contributed by atoms with van der Waals surface area (Å²) in [6.07, 6.45) is 1.39. The zero-order valence-electron chi connectivity index (χ0n) is 8.07. The molecular formula is C11H11ClO3. The minimum absolute atomic E-state index is 0.225. The second-order valence-electron chi connectivity index (χ2n) is 3.83. The van der Waals surface area contributed by atoms with Crippen molar-refractivity contribution in [3.63, 3.8) is 0 Å². The molecule has 0 spiro atoms. The van der Waals surface area contributed by atoms with Crippen LogP contribution in [0.25, 0.3) is 0 Å². The number of benzene rings is 1. The summed E-state index contributed by atoms with van der Waals surface area (Å²) in [7, 11) is 0. The van der Waals surface area contributed by atoms with Gasteiger partial charge in [-0.25, -0.2) is 0 Å². The van der Waals surface area contributed by atoms with Crippen LogP contribution in [0.3, 0.4) is 0 Å². The topological polar surface area (TPSA) is 46.5 Å². The molecule has 0 aliphatic heterocycles. The first-order chi connectivity index (χ1) is 7.12. The van der Waals surface area contributed by atoms with Gasteiger partial charge in [0.05, 0.1) is 0 Å². The van der Waals surface area contributed by atoms with Crippen LogP contribution < -0.4 is 4.74 Å². The van der Waals surface area contributed by atoms with E-state index in [9.17, 15) is 4.79 Å². The maximum atomic E-state index is 10.9. The van der Waals surface area contributed by atoms with Gasteiger partial charge in [-0.1, -0.05) is 17.7 Å². The second-order valence-corrected chi connectivity index (χ2v) is 4.27. The molecule has 0 saturated heterocycles. The van der Waals surface area contributed by atoms with Crippen LogP contribution >= 0.6 is 11.6 Å². The lowest BCUT2D eigenvalue weighted by molar-refractivity contribution is -0.144. The van der Waals surface area contributed by atoms with Crippen molar-refractivity contribution in [3.05, 3.63) is 29.3 Å². The van der Waals surface area contributed by atoms with Gasteiger partial charge in [0.2, 0.25) is 0 Å². The number of hydrogen-bond donors (Lipinski definition) is 1. The number of carboxylic acid groups (broad SMARTS) is 1. The summed E-state index contributed by atoms with van der Waals surface area (Å²) in [5, 5.41) is 9.52. The molecule has 15 heavy (non-hydrogen) atoms. The minimum Gasteiger partial charge on any atom is -0.492 e. The predicted octanol–water partition coefficient (Wildman–Crippen LogP) is 2.58. The van der Waals surface area contributed by atoms with E-state index >= 15 is 0 Å². The first-order valence-electron chi connectivity index (χ1n) is 4.74. The van der Waals surface area contributed by atoms with Crippen molar-refractivity contribution in [3.8, 4) is 5.75 Å². The van der Waals surface area contributed by atoms with Crippen molar-refractivity contribution in [1.29, 1.82) is 0 Å². The van der Waals surface area contributed by atoms with Gasteiger partial charge in [0.15, 0.2) is 0 Å². The Hall–Kier alpha value is -1.22. The van der Waals surface area contributed by atoms with Crippen LogP contribution in [0.2, 0.25) is 5.02 Å². The van der Waals surface area contributed by atoms with Gasteiger partial charge in [0.25, 0.3) is 0 Å². The summed E-state index contributed by atoms with van der Waals surface area (Å²) in [4.78, 5) is 10.9. The Kier molecular flexibility index (Phi) is 2.57. The van der Waals surface area contributed by atoms with E-state index in [0.29, 0.717) is 23.6 Å². The number of aliphatic carboxylic acids is 1. The fourth-order valence-electron chi connectivity index (χ4n) is 1.35.